The van der Waals surface area contributed by atoms with E-state index in [0.29, 0.717) is 29.2 Å². The van der Waals surface area contributed by atoms with E-state index in [0.717, 1.165) is 11.1 Å². The predicted molar refractivity (Wildman–Crippen MR) is 106 cm³/mol. The third-order valence-corrected chi connectivity index (χ3v) is 4.82. The number of allylic oxidation sites excluding steroid dienone is 1. The summed E-state index contributed by atoms with van der Waals surface area (Å²) in [6.45, 7) is 0. The van der Waals surface area contributed by atoms with Crippen molar-refractivity contribution in [3.8, 4) is 11.5 Å². The molecule has 6 heteroatoms. The summed E-state index contributed by atoms with van der Waals surface area (Å²) in [6, 6.07) is 9.49. The Morgan fingerprint density at radius 3 is 2.54 bits per heavy atom. The Labute approximate surface area is 162 Å². The molecule has 0 bridgehead atoms. The molecule has 28 heavy (non-hydrogen) atoms. The van der Waals surface area contributed by atoms with E-state index in [1.807, 2.05) is 18.4 Å². The van der Waals surface area contributed by atoms with Crippen molar-refractivity contribution >= 4 is 23.9 Å². The molecule has 2 aliphatic heterocycles. The van der Waals surface area contributed by atoms with Crippen LogP contribution in [-0.4, -0.2) is 37.3 Å². The van der Waals surface area contributed by atoms with Crippen LogP contribution < -0.4 is 9.47 Å². The normalized spacial score (nSPS) is 18.0. The van der Waals surface area contributed by atoms with Crippen LogP contribution in [-0.2, 0) is 0 Å². The third-order valence-electron chi connectivity index (χ3n) is 4.82. The highest BCUT2D eigenvalue weighted by atomic mass is 19.1. The average Bonchev–Trinajstić information content (AvgIpc) is 3.08. The lowest BCUT2D eigenvalue weighted by atomic mass is 10.1. The lowest BCUT2D eigenvalue weighted by molar-refractivity contribution is 0.0817. The number of amides is 1. The minimum atomic E-state index is -0.266. The molecule has 0 N–H and O–H groups in total. The largest absolute Gasteiger partial charge is 0.493 e. The smallest absolute Gasteiger partial charge is 0.260 e. The van der Waals surface area contributed by atoms with Gasteiger partial charge in [-0.15, -0.1) is 0 Å². The summed E-state index contributed by atoms with van der Waals surface area (Å²) in [6.07, 6.45) is 8.13. The van der Waals surface area contributed by atoms with E-state index in [9.17, 15) is 9.18 Å². The first-order chi connectivity index (χ1) is 13.6. The summed E-state index contributed by atoms with van der Waals surface area (Å²) in [5.41, 5.74) is 2.93. The Morgan fingerprint density at radius 1 is 1.11 bits per heavy atom. The van der Waals surface area contributed by atoms with E-state index in [4.69, 9.17) is 9.47 Å². The summed E-state index contributed by atoms with van der Waals surface area (Å²) >= 11 is 0. The molecule has 0 aliphatic carbocycles. The second kappa shape index (κ2) is 7.31. The van der Waals surface area contributed by atoms with Crippen LogP contribution in [0.5, 0.6) is 11.5 Å². The number of nitrogens with zero attached hydrogens (tertiary/aromatic N) is 2. The van der Waals surface area contributed by atoms with Crippen LogP contribution >= 0.6 is 0 Å². The zero-order chi connectivity index (χ0) is 19.7. The van der Waals surface area contributed by atoms with E-state index in [-0.39, 0.29) is 17.8 Å². The lowest BCUT2D eigenvalue weighted by Crippen LogP contribution is -2.32. The van der Waals surface area contributed by atoms with Crippen molar-refractivity contribution in [3.05, 3.63) is 71.2 Å². The molecule has 4 rings (SSSR count). The number of halogens is 1. The molecule has 5 nitrogen and oxygen atoms in total. The van der Waals surface area contributed by atoms with Crippen molar-refractivity contribution in [2.24, 2.45) is 4.99 Å². The molecule has 0 saturated carbocycles. The molecular weight excluding hydrogens is 359 g/mol. The van der Waals surface area contributed by atoms with Crippen LogP contribution in [0.1, 0.15) is 22.3 Å². The predicted octanol–water partition coefficient (Wildman–Crippen LogP) is 4.37. The molecule has 1 amide bonds. The first-order valence-electron chi connectivity index (χ1n) is 8.86. The van der Waals surface area contributed by atoms with E-state index < -0.39 is 0 Å². The Bertz CT molecular complexity index is 1010. The van der Waals surface area contributed by atoms with Crippen molar-refractivity contribution in [1.82, 2.24) is 4.90 Å². The van der Waals surface area contributed by atoms with Crippen LogP contribution in [0.2, 0.25) is 0 Å². The summed E-state index contributed by atoms with van der Waals surface area (Å²) in [4.78, 5) is 19.3. The Hall–Kier alpha value is -3.41. The minimum absolute atomic E-state index is 0.136. The van der Waals surface area contributed by atoms with E-state index in [1.165, 1.54) is 19.2 Å². The molecule has 142 valence electrons. The average molecular weight is 378 g/mol. The first-order valence-corrected chi connectivity index (χ1v) is 8.86. The number of hydrogen-bond acceptors (Lipinski definition) is 4. The summed E-state index contributed by atoms with van der Waals surface area (Å²) in [7, 11) is 3.08. The number of fused-ring (bicyclic) bond motifs is 2. The van der Waals surface area contributed by atoms with Crippen LogP contribution in [0.25, 0.3) is 6.08 Å². The number of methoxy groups -OCH3 is 2. The molecule has 1 atom stereocenters. The topological polar surface area (TPSA) is 51.1 Å². The molecule has 0 aromatic heterocycles. The van der Waals surface area contributed by atoms with Gasteiger partial charge in [-0.25, -0.2) is 4.39 Å². The Balaban J connectivity index is 1.62. The molecular formula is C22H19FN2O3. The number of hydrogen-bond donors (Lipinski definition) is 0. The van der Waals surface area contributed by atoms with Gasteiger partial charge in [0.15, 0.2) is 11.5 Å². The highest BCUT2D eigenvalue weighted by Crippen LogP contribution is 2.38. The van der Waals surface area contributed by atoms with Gasteiger partial charge in [-0.2, -0.15) is 0 Å². The van der Waals surface area contributed by atoms with Gasteiger partial charge in [-0.1, -0.05) is 24.3 Å². The number of aliphatic imine (C=N–C) groups is 1. The second-order valence-corrected chi connectivity index (χ2v) is 6.58. The molecule has 2 aromatic carbocycles. The lowest BCUT2D eigenvalue weighted by Gasteiger charge is -2.18. The van der Waals surface area contributed by atoms with Gasteiger partial charge < -0.3 is 14.4 Å². The van der Waals surface area contributed by atoms with Crippen LogP contribution in [0.3, 0.4) is 0 Å². The zero-order valence-corrected chi connectivity index (χ0v) is 15.6. The highest BCUT2D eigenvalue weighted by Gasteiger charge is 2.32. The number of carbonyl (C=O) groups is 1. The SMILES string of the molecule is COc1cc2c(cc1OC)C(=O)N1C=C(/C=C/c3ccc(F)cc3)C[C@H]1C=N2. The van der Waals surface area contributed by atoms with Gasteiger partial charge >= 0.3 is 0 Å². The fraction of sp³-hybridized carbons (Fsp3) is 0.182. The summed E-state index contributed by atoms with van der Waals surface area (Å²) in [5, 5.41) is 0. The molecule has 0 unspecified atom stereocenters. The number of carbonyl (C=O) groups excluding carboxylic acids is 1. The van der Waals surface area contributed by atoms with Gasteiger partial charge in [0, 0.05) is 18.5 Å². The molecule has 0 radical (unpaired) electrons. The fourth-order valence-corrected chi connectivity index (χ4v) is 3.34. The van der Waals surface area contributed by atoms with Crippen LogP contribution in [0, 0.1) is 5.82 Å². The summed E-state index contributed by atoms with van der Waals surface area (Å²) in [5.74, 6) is 0.622. The standard InChI is InChI=1S/C22H19FN2O3/c1-27-20-10-18-19(11-21(20)28-2)24-12-17-9-15(13-25(17)22(18)26)4-3-14-5-7-16(23)8-6-14/h3-8,10-13,17H,9H2,1-2H3/b4-3+/t17-/m0/s1. The minimum Gasteiger partial charge on any atom is -0.493 e. The van der Waals surface area contributed by atoms with E-state index in [1.54, 1.807) is 42.5 Å². The molecule has 0 saturated heterocycles. The van der Waals surface area contributed by atoms with Gasteiger partial charge in [0.25, 0.3) is 5.91 Å². The van der Waals surface area contributed by atoms with Gasteiger partial charge in [0.2, 0.25) is 0 Å². The third kappa shape index (κ3) is 3.29. The molecule has 0 fully saturated rings. The number of rotatable bonds is 4. The first kappa shape index (κ1) is 18.0. The molecule has 2 aromatic rings. The maximum Gasteiger partial charge on any atom is 0.260 e. The Morgan fingerprint density at radius 2 is 1.82 bits per heavy atom. The van der Waals surface area contributed by atoms with E-state index in [2.05, 4.69) is 4.99 Å². The number of benzene rings is 2. The maximum absolute atomic E-state index is 13.1. The zero-order valence-electron chi connectivity index (χ0n) is 15.6. The summed E-state index contributed by atoms with van der Waals surface area (Å²) < 4.78 is 23.6. The quantitative estimate of drug-likeness (QED) is 0.794. The fourth-order valence-electron chi connectivity index (χ4n) is 3.34. The maximum atomic E-state index is 13.1. The van der Waals surface area contributed by atoms with Gasteiger partial charge in [0.05, 0.1) is 31.5 Å². The van der Waals surface area contributed by atoms with Gasteiger partial charge in [-0.3, -0.25) is 9.79 Å². The van der Waals surface area contributed by atoms with Crippen molar-refractivity contribution in [3.63, 3.8) is 0 Å². The van der Waals surface area contributed by atoms with Crippen molar-refractivity contribution in [1.29, 1.82) is 0 Å². The molecule has 2 aliphatic rings. The van der Waals surface area contributed by atoms with Crippen molar-refractivity contribution < 1.29 is 18.7 Å². The van der Waals surface area contributed by atoms with Crippen LogP contribution in [0.4, 0.5) is 10.1 Å². The van der Waals surface area contributed by atoms with E-state index >= 15 is 0 Å². The highest BCUT2D eigenvalue weighted by molar-refractivity contribution is 6.04. The number of ether oxygens (including phenoxy) is 2. The van der Waals surface area contributed by atoms with Crippen LogP contribution in [0.15, 0.2) is 59.2 Å². The second-order valence-electron chi connectivity index (χ2n) is 6.58. The molecule has 2 heterocycles. The Kier molecular flexibility index (Phi) is 4.69. The van der Waals surface area contributed by atoms with Gasteiger partial charge in [0.1, 0.15) is 5.82 Å². The van der Waals surface area contributed by atoms with Crippen molar-refractivity contribution in [2.75, 3.05) is 14.2 Å². The monoisotopic (exact) mass is 378 g/mol. The van der Waals surface area contributed by atoms with Crippen molar-refractivity contribution in [2.45, 2.75) is 12.5 Å². The molecule has 0 spiro atoms. The van der Waals surface area contributed by atoms with Gasteiger partial charge in [-0.05, 0) is 35.8 Å².